The van der Waals surface area contributed by atoms with Gasteiger partial charge in [-0.25, -0.2) is 4.98 Å². The molecular formula is C20H24N4O2S. The molecule has 2 atom stereocenters. The number of primary amides is 1. The average Bonchev–Trinajstić information content (AvgIpc) is 3.07. The summed E-state index contributed by atoms with van der Waals surface area (Å²) in [6, 6.07) is 11.9. The highest BCUT2D eigenvalue weighted by Gasteiger charge is 2.23. The van der Waals surface area contributed by atoms with E-state index in [2.05, 4.69) is 21.4 Å². The van der Waals surface area contributed by atoms with E-state index in [-0.39, 0.29) is 12.1 Å². The van der Waals surface area contributed by atoms with Crippen LogP contribution in [0.1, 0.15) is 41.7 Å². The van der Waals surface area contributed by atoms with Crippen molar-refractivity contribution in [1.29, 1.82) is 0 Å². The number of rotatable bonds is 3. The number of carbonyl (C=O) groups is 1. The lowest BCUT2D eigenvalue weighted by Crippen LogP contribution is -2.36. The summed E-state index contributed by atoms with van der Waals surface area (Å²) in [6.45, 7) is 1.80. The van der Waals surface area contributed by atoms with Crippen molar-refractivity contribution in [1.82, 2.24) is 9.97 Å². The number of aliphatic hydroxyl groups excluding tert-OH is 1. The van der Waals surface area contributed by atoms with Gasteiger partial charge in [0.1, 0.15) is 5.69 Å². The van der Waals surface area contributed by atoms with Crippen molar-refractivity contribution in [3.05, 3.63) is 53.9 Å². The molecule has 1 amide bonds. The van der Waals surface area contributed by atoms with Crippen LogP contribution in [0.4, 0.5) is 5.13 Å². The molecule has 0 aliphatic heterocycles. The van der Waals surface area contributed by atoms with Crippen molar-refractivity contribution in [3.8, 4) is 0 Å². The zero-order valence-corrected chi connectivity index (χ0v) is 16.1. The van der Waals surface area contributed by atoms with Crippen molar-refractivity contribution in [2.24, 2.45) is 5.73 Å². The minimum Gasteiger partial charge on any atom is -0.391 e. The lowest BCUT2D eigenvalue weighted by Gasteiger charge is -2.27. The lowest BCUT2D eigenvalue weighted by atomic mass is 9.93. The van der Waals surface area contributed by atoms with E-state index in [0.29, 0.717) is 5.69 Å². The highest BCUT2D eigenvalue weighted by atomic mass is 32.1. The molecule has 1 fully saturated rings. The summed E-state index contributed by atoms with van der Waals surface area (Å²) >= 11 is 1.66. The van der Waals surface area contributed by atoms with Crippen molar-refractivity contribution >= 4 is 32.6 Å². The molecule has 0 unspecified atom stereocenters. The summed E-state index contributed by atoms with van der Waals surface area (Å²) in [5, 5.41) is 14.2. The molecule has 1 saturated carbocycles. The van der Waals surface area contributed by atoms with Crippen LogP contribution in [0.3, 0.4) is 0 Å². The first-order valence-corrected chi connectivity index (χ1v) is 9.88. The molecule has 142 valence electrons. The highest BCUT2D eigenvalue weighted by molar-refractivity contribution is 7.22. The van der Waals surface area contributed by atoms with Crippen LogP contribution in [0.25, 0.3) is 10.2 Å². The Kier molecular flexibility index (Phi) is 6.36. The van der Waals surface area contributed by atoms with E-state index in [9.17, 15) is 9.90 Å². The number of amides is 1. The van der Waals surface area contributed by atoms with E-state index in [1.807, 2.05) is 18.2 Å². The van der Waals surface area contributed by atoms with Gasteiger partial charge in [-0.1, -0.05) is 42.4 Å². The monoisotopic (exact) mass is 384 g/mol. The second-order valence-corrected chi connectivity index (χ2v) is 7.65. The van der Waals surface area contributed by atoms with E-state index >= 15 is 0 Å². The van der Waals surface area contributed by atoms with Crippen LogP contribution in [0.15, 0.2) is 42.6 Å². The summed E-state index contributed by atoms with van der Waals surface area (Å²) in [5.41, 5.74) is 7.21. The average molecular weight is 385 g/mol. The first-order chi connectivity index (χ1) is 13.0. The van der Waals surface area contributed by atoms with Crippen LogP contribution < -0.4 is 11.1 Å². The normalized spacial score (nSPS) is 19.2. The Labute approximate surface area is 162 Å². The number of nitrogens with two attached hydrogens (primary N) is 1. The summed E-state index contributed by atoms with van der Waals surface area (Å²) < 4.78 is 1.19. The van der Waals surface area contributed by atoms with E-state index in [1.54, 1.807) is 36.6 Å². The lowest BCUT2D eigenvalue weighted by molar-refractivity contribution is 0.0995. The predicted octanol–water partition coefficient (Wildman–Crippen LogP) is 3.50. The van der Waals surface area contributed by atoms with Crippen LogP contribution >= 0.6 is 11.3 Å². The number of aryl methyl sites for hydroxylation is 1. The molecule has 0 bridgehead atoms. The van der Waals surface area contributed by atoms with Gasteiger partial charge in [-0.05, 0) is 43.5 Å². The van der Waals surface area contributed by atoms with Gasteiger partial charge in [0, 0.05) is 6.20 Å². The van der Waals surface area contributed by atoms with Crippen molar-refractivity contribution in [3.63, 3.8) is 0 Å². The number of fused-ring (bicyclic) bond motifs is 1. The quantitative estimate of drug-likeness (QED) is 0.641. The molecule has 2 aromatic heterocycles. The fourth-order valence-electron chi connectivity index (χ4n) is 3.12. The number of carbonyl (C=O) groups excluding carboxylic acids is 1. The number of benzene rings is 1. The van der Waals surface area contributed by atoms with Gasteiger partial charge >= 0.3 is 0 Å². The number of pyridine rings is 1. The van der Waals surface area contributed by atoms with Crippen LogP contribution in [-0.4, -0.2) is 33.1 Å². The third kappa shape index (κ3) is 5.02. The number of thiazole rings is 1. The fraction of sp³-hybridized carbons (Fsp3) is 0.350. The smallest absolute Gasteiger partial charge is 0.267 e. The molecule has 0 saturated heterocycles. The van der Waals surface area contributed by atoms with Gasteiger partial charge in [0.2, 0.25) is 0 Å². The van der Waals surface area contributed by atoms with Gasteiger partial charge < -0.3 is 16.2 Å². The molecule has 27 heavy (non-hydrogen) atoms. The predicted molar refractivity (Wildman–Crippen MR) is 109 cm³/mol. The number of para-hydroxylation sites is 1. The number of aliphatic hydroxyl groups is 1. The molecule has 6 nitrogen and oxygen atoms in total. The Balaban J connectivity index is 0.000000180. The maximum Gasteiger partial charge on any atom is 0.267 e. The van der Waals surface area contributed by atoms with E-state index < -0.39 is 5.91 Å². The number of nitrogens with zero attached hydrogens (tertiary/aromatic N) is 2. The first-order valence-electron chi connectivity index (χ1n) is 9.06. The van der Waals surface area contributed by atoms with Gasteiger partial charge in [-0.2, -0.15) is 0 Å². The molecule has 2 heterocycles. The number of anilines is 1. The summed E-state index contributed by atoms with van der Waals surface area (Å²) in [5.74, 6) is -0.474. The van der Waals surface area contributed by atoms with Crippen LogP contribution in [0, 0.1) is 6.92 Å². The number of aromatic nitrogens is 2. The molecule has 0 radical (unpaired) electrons. The van der Waals surface area contributed by atoms with E-state index in [4.69, 9.17) is 5.73 Å². The van der Waals surface area contributed by atoms with Crippen LogP contribution in [0.2, 0.25) is 0 Å². The number of hydrogen-bond donors (Lipinski definition) is 3. The second kappa shape index (κ2) is 8.92. The van der Waals surface area contributed by atoms with Crippen LogP contribution in [0.5, 0.6) is 0 Å². The standard InChI is InChI=1S/C13H16N2OS.C7H8N2O/c16-11-7-3-1-5-9(11)14-13-15-10-6-2-4-8-12(10)17-13;1-5-3-2-4-9-6(5)7(8)10/h2,4,6,8-9,11,16H,1,3,5,7H2,(H,14,15);2-4H,1H3,(H2,8,10)/t9-,11-;/m1./s1. The highest BCUT2D eigenvalue weighted by Crippen LogP contribution is 2.28. The third-order valence-electron chi connectivity index (χ3n) is 4.58. The summed E-state index contributed by atoms with van der Waals surface area (Å²) in [4.78, 5) is 18.9. The SMILES string of the molecule is Cc1cccnc1C(N)=O.O[C@@H]1CCCC[C@H]1Nc1nc2ccccc2s1. The molecular weight excluding hydrogens is 360 g/mol. The van der Waals surface area contributed by atoms with Crippen molar-refractivity contribution < 1.29 is 9.90 Å². The van der Waals surface area contributed by atoms with E-state index in [1.165, 1.54) is 11.1 Å². The van der Waals surface area contributed by atoms with Gasteiger partial charge in [0.25, 0.3) is 5.91 Å². The topological polar surface area (TPSA) is 101 Å². The molecule has 1 aromatic carbocycles. The number of nitrogens with one attached hydrogen (secondary N) is 1. The van der Waals surface area contributed by atoms with Crippen LogP contribution in [-0.2, 0) is 0 Å². The summed E-state index contributed by atoms with van der Waals surface area (Å²) in [6.07, 6.45) is 5.60. The Hall–Kier alpha value is -2.51. The van der Waals surface area contributed by atoms with Crippen molar-refractivity contribution in [2.45, 2.75) is 44.8 Å². The Bertz CT molecular complexity index is 879. The van der Waals surface area contributed by atoms with Gasteiger partial charge in [-0.3, -0.25) is 9.78 Å². The zero-order valence-electron chi connectivity index (χ0n) is 15.3. The maximum atomic E-state index is 10.6. The van der Waals surface area contributed by atoms with Gasteiger partial charge in [0.15, 0.2) is 5.13 Å². The first kappa shape index (κ1) is 19.3. The Morgan fingerprint density at radius 3 is 2.67 bits per heavy atom. The minimum atomic E-state index is -0.474. The largest absolute Gasteiger partial charge is 0.391 e. The van der Waals surface area contributed by atoms with Gasteiger partial charge in [0.05, 0.1) is 22.4 Å². The zero-order chi connectivity index (χ0) is 19.2. The minimum absolute atomic E-state index is 0.171. The molecule has 1 aliphatic carbocycles. The third-order valence-corrected chi connectivity index (χ3v) is 5.54. The molecule has 0 spiro atoms. The van der Waals surface area contributed by atoms with Crippen molar-refractivity contribution in [2.75, 3.05) is 5.32 Å². The van der Waals surface area contributed by atoms with E-state index in [0.717, 1.165) is 35.5 Å². The molecule has 7 heteroatoms. The second-order valence-electron chi connectivity index (χ2n) is 6.62. The molecule has 3 aromatic rings. The maximum absolute atomic E-state index is 10.6. The number of hydrogen-bond acceptors (Lipinski definition) is 6. The molecule has 1 aliphatic rings. The molecule has 4 rings (SSSR count). The Morgan fingerprint density at radius 2 is 2.00 bits per heavy atom. The van der Waals surface area contributed by atoms with Gasteiger partial charge in [-0.15, -0.1) is 0 Å². The summed E-state index contributed by atoms with van der Waals surface area (Å²) in [7, 11) is 0. The molecule has 4 N–H and O–H groups in total. The Morgan fingerprint density at radius 1 is 1.22 bits per heavy atom. The fourth-order valence-corrected chi connectivity index (χ4v) is 4.04.